The van der Waals surface area contributed by atoms with Gasteiger partial charge in [-0.1, -0.05) is 24.1 Å². The number of hydrogen-bond acceptors (Lipinski definition) is 3. The smallest absolute Gasteiger partial charge is 0.123 e. The summed E-state index contributed by atoms with van der Waals surface area (Å²) >= 11 is 0. The second kappa shape index (κ2) is 6.40. The van der Waals surface area contributed by atoms with Crippen molar-refractivity contribution in [2.24, 2.45) is 5.73 Å². The summed E-state index contributed by atoms with van der Waals surface area (Å²) in [6, 6.07) is 7.51. The lowest BCUT2D eigenvalue weighted by Gasteiger charge is -2.40. The van der Waals surface area contributed by atoms with Crippen LogP contribution < -0.4 is 10.5 Å². The molecule has 2 N–H and O–H groups in total. The first-order valence-electron chi connectivity index (χ1n) is 7.25. The lowest BCUT2D eigenvalue weighted by atomic mass is 9.95. The summed E-state index contributed by atoms with van der Waals surface area (Å²) in [4.78, 5) is 2.54. The van der Waals surface area contributed by atoms with Crippen LogP contribution in [-0.4, -0.2) is 30.6 Å². The van der Waals surface area contributed by atoms with Crippen molar-refractivity contribution in [3.63, 3.8) is 0 Å². The van der Waals surface area contributed by atoms with Crippen LogP contribution in [0.4, 0.5) is 0 Å². The number of piperidine rings is 1. The van der Waals surface area contributed by atoms with Crippen LogP contribution in [0.5, 0.6) is 5.75 Å². The Morgan fingerprint density at radius 2 is 2.16 bits per heavy atom. The first kappa shape index (κ1) is 14.4. The first-order valence-corrected chi connectivity index (χ1v) is 7.25. The van der Waals surface area contributed by atoms with Crippen LogP contribution in [-0.2, 0) is 6.54 Å². The van der Waals surface area contributed by atoms with Gasteiger partial charge in [0.05, 0.1) is 7.11 Å². The Bertz CT molecular complexity index is 419. The van der Waals surface area contributed by atoms with E-state index in [4.69, 9.17) is 10.5 Å². The molecule has 3 heteroatoms. The van der Waals surface area contributed by atoms with E-state index in [0.717, 1.165) is 18.8 Å². The third kappa shape index (κ3) is 3.28. The van der Waals surface area contributed by atoms with Gasteiger partial charge in [0.15, 0.2) is 0 Å². The highest BCUT2D eigenvalue weighted by atomic mass is 16.5. The Morgan fingerprint density at radius 3 is 2.84 bits per heavy atom. The Balaban J connectivity index is 2.20. The number of aryl methyl sites for hydroxylation is 1. The number of hydrogen-bond donors (Lipinski definition) is 1. The van der Waals surface area contributed by atoms with Crippen molar-refractivity contribution in [2.75, 3.05) is 13.7 Å². The molecule has 1 aromatic carbocycles. The van der Waals surface area contributed by atoms with Crippen LogP contribution in [0.1, 0.15) is 37.3 Å². The fourth-order valence-corrected chi connectivity index (χ4v) is 3.11. The summed E-state index contributed by atoms with van der Waals surface area (Å²) < 4.78 is 5.49. The molecule has 0 bridgehead atoms. The van der Waals surface area contributed by atoms with Crippen LogP contribution in [0.15, 0.2) is 18.2 Å². The fraction of sp³-hybridized carbons (Fsp3) is 0.625. The van der Waals surface area contributed by atoms with Crippen molar-refractivity contribution < 1.29 is 4.74 Å². The Hall–Kier alpha value is -1.06. The van der Waals surface area contributed by atoms with E-state index in [0.29, 0.717) is 12.1 Å². The molecule has 19 heavy (non-hydrogen) atoms. The van der Waals surface area contributed by atoms with Gasteiger partial charge in [-0.3, -0.25) is 4.90 Å². The molecule has 0 spiro atoms. The van der Waals surface area contributed by atoms with Gasteiger partial charge in [-0.15, -0.1) is 0 Å². The lowest BCUT2D eigenvalue weighted by Crippen LogP contribution is -2.48. The average Bonchev–Trinajstić information content (AvgIpc) is 2.41. The molecule has 1 aliphatic heterocycles. The van der Waals surface area contributed by atoms with Gasteiger partial charge >= 0.3 is 0 Å². The third-order valence-corrected chi connectivity index (χ3v) is 4.26. The predicted molar refractivity (Wildman–Crippen MR) is 79.4 cm³/mol. The molecule has 0 aliphatic carbocycles. The minimum Gasteiger partial charge on any atom is -0.496 e. The van der Waals surface area contributed by atoms with Crippen molar-refractivity contribution in [2.45, 2.75) is 51.7 Å². The first-order chi connectivity index (χ1) is 9.15. The normalized spacial score (nSPS) is 24.4. The van der Waals surface area contributed by atoms with Gasteiger partial charge in [0.2, 0.25) is 0 Å². The van der Waals surface area contributed by atoms with Crippen LogP contribution in [0.25, 0.3) is 0 Å². The van der Waals surface area contributed by atoms with Gasteiger partial charge in [0.25, 0.3) is 0 Å². The quantitative estimate of drug-likeness (QED) is 0.906. The number of nitrogens with zero attached hydrogens (tertiary/aromatic N) is 1. The second-order valence-electron chi connectivity index (χ2n) is 5.66. The molecule has 1 aromatic rings. The number of nitrogens with two attached hydrogens (primary N) is 1. The van der Waals surface area contributed by atoms with E-state index in [9.17, 15) is 0 Å². The standard InChI is InChI=1S/C16H26N2O/c1-12-7-8-16(19-3)14(9-12)11-18-13(2)5-4-6-15(18)10-17/h7-9,13,15H,4-6,10-11,17H2,1-3H3. The molecule has 1 heterocycles. The third-order valence-electron chi connectivity index (χ3n) is 4.26. The van der Waals surface area contributed by atoms with Gasteiger partial charge in [-0.2, -0.15) is 0 Å². The average molecular weight is 262 g/mol. The van der Waals surface area contributed by atoms with E-state index < -0.39 is 0 Å². The topological polar surface area (TPSA) is 38.5 Å². The summed E-state index contributed by atoms with van der Waals surface area (Å²) in [6.07, 6.45) is 3.78. The second-order valence-corrected chi connectivity index (χ2v) is 5.66. The minimum absolute atomic E-state index is 0.508. The molecule has 106 valence electrons. The molecule has 2 atom stereocenters. The monoisotopic (exact) mass is 262 g/mol. The lowest BCUT2D eigenvalue weighted by molar-refractivity contribution is 0.0883. The van der Waals surface area contributed by atoms with Crippen molar-refractivity contribution >= 4 is 0 Å². The molecule has 0 saturated carbocycles. The Labute approximate surface area is 116 Å². The van der Waals surface area contributed by atoms with Crippen LogP contribution >= 0.6 is 0 Å². The van der Waals surface area contributed by atoms with Gasteiger partial charge in [-0.25, -0.2) is 0 Å². The highest BCUT2D eigenvalue weighted by Gasteiger charge is 2.27. The van der Waals surface area contributed by atoms with Crippen LogP contribution in [0.3, 0.4) is 0 Å². The van der Waals surface area contributed by atoms with Crippen LogP contribution in [0, 0.1) is 6.92 Å². The van der Waals surface area contributed by atoms with Crippen molar-refractivity contribution in [1.82, 2.24) is 4.90 Å². The van der Waals surface area contributed by atoms with Crippen molar-refractivity contribution in [3.05, 3.63) is 29.3 Å². The van der Waals surface area contributed by atoms with E-state index in [1.54, 1.807) is 7.11 Å². The Morgan fingerprint density at radius 1 is 1.37 bits per heavy atom. The zero-order valence-electron chi connectivity index (χ0n) is 12.4. The molecule has 0 radical (unpaired) electrons. The van der Waals surface area contributed by atoms with Gasteiger partial charge in [0.1, 0.15) is 5.75 Å². The molecule has 2 unspecified atom stereocenters. The molecule has 0 aromatic heterocycles. The summed E-state index contributed by atoms with van der Waals surface area (Å²) in [5.74, 6) is 0.985. The maximum atomic E-state index is 5.94. The summed E-state index contributed by atoms with van der Waals surface area (Å²) in [5, 5.41) is 0. The molecule has 1 saturated heterocycles. The minimum atomic E-state index is 0.508. The van der Waals surface area contributed by atoms with Crippen molar-refractivity contribution in [3.8, 4) is 5.75 Å². The van der Waals surface area contributed by atoms with E-state index in [1.165, 1.54) is 30.4 Å². The molecule has 3 nitrogen and oxygen atoms in total. The van der Waals surface area contributed by atoms with E-state index in [-0.39, 0.29) is 0 Å². The molecule has 2 rings (SSSR count). The number of benzene rings is 1. The maximum absolute atomic E-state index is 5.94. The molecule has 0 amide bonds. The van der Waals surface area contributed by atoms with Gasteiger partial charge in [-0.05, 0) is 32.8 Å². The number of ether oxygens (including phenoxy) is 1. The zero-order chi connectivity index (χ0) is 13.8. The number of methoxy groups -OCH3 is 1. The Kier molecular flexibility index (Phi) is 4.83. The fourth-order valence-electron chi connectivity index (χ4n) is 3.11. The highest BCUT2D eigenvalue weighted by Crippen LogP contribution is 2.28. The van der Waals surface area contributed by atoms with Gasteiger partial charge < -0.3 is 10.5 Å². The van der Waals surface area contributed by atoms with E-state index in [2.05, 4.69) is 36.9 Å². The van der Waals surface area contributed by atoms with Crippen LogP contribution in [0.2, 0.25) is 0 Å². The largest absolute Gasteiger partial charge is 0.496 e. The summed E-state index contributed by atoms with van der Waals surface area (Å²) in [7, 11) is 1.74. The zero-order valence-corrected chi connectivity index (χ0v) is 12.4. The SMILES string of the molecule is COc1ccc(C)cc1CN1C(C)CCCC1CN. The van der Waals surface area contributed by atoms with E-state index >= 15 is 0 Å². The molecular formula is C16H26N2O. The molecular weight excluding hydrogens is 236 g/mol. The predicted octanol–water partition coefficient (Wildman–Crippen LogP) is 2.71. The number of rotatable bonds is 4. The summed E-state index contributed by atoms with van der Waals surface area (Å²) in [6.45, 7) is 6.12. The number of likely N-dealkylation sites (tertiary alicyclic amines) is 1. The van der Waals surface area contributed by atoms with E-state index in [1.807, 2.05) is 0 Å². The van der Waals surface area contributed by atoms with Crippen molar-refractivity contribution in [1.29, 1.82) is 0 Å². The van der Waals surface area contributed by atoms with Gasteiger partial charge in [0, 0.05) is 30.7 Å². The highest BCUT2D eigenvalue weighted by molar-refractivity contribution is 5.36. The molecule has 1 fully saturated rings. The maximum Gasteiger partial charge on any atom is 0.123 e. The summed E-state index contributed by atoms with van der Waals surface area (Å²) in [5.41, 5.74) is 8.49. The molecule has 1 aliphatic rings.